The number of hydrazone groups is 1. The molecular formula is C25H42N4O2. The summed E-state index contributed by atoms with van der Waals surface area (Å²) in [5.74, 6) is 2.94. The Labute approximate surface area is 187 Å². The lowest BCUT2D eigenvalue weighted by Crippen LogP contribution is -2.62. The van der Waals surface area contributed by atoms with Gasteiger partial charge in [-0.25, -0.2) is 5.43 Å². The molecule has 0 saturated heterocycles. The Hall–Kier alpha value is -1.14. The standard InChI is InChI=1S/C25H42N4O2/c1-23-10-7-19(30)16-18(23)4-5-21-20(23)8-11-24(2)17(6-12-25(21,24)31)9-15-28-29-22-26-13-3-14-27-22/h15,17-21,30-31H,3-14,16H2,1-2H3,(H2,26,27,29)/b28-15+/t17?,18?,19?,20-,21-,23+,24-,25-/m1/s1. The number of nitrogens with one attached hydrogen (secondary N) is 2. The molecule has 1 heterocycles. The van der Waals surface area contributed by atoms with Gasteiger partial charge >= 0.3 is 0 Å². The first kappa shape index (κ1) is 21.7. The zero-order valence-electron chi connectivity index (χ0n) is 19.4. The Balaban J connectivity index is 1.28. The van der Waals surface area contributed by atoms with Gasteiger partial charge in [0.1, 0.15) is 0 Å². The summed E-state index contributed by atoms with van der Waals surface area (Å²) in [6, 6.07) is 0. The molecule has 0 aromatic carbocycles. The Bertz CT molecular complexity index is 741. The van der Waals surface area contributed by atoms with E-state index in [-0.39, 0.29) is 11.5 Å². The normalized spacial score (nSPS) is 49.5. The third-order valence-corrected chi connectivity index (χ3v) is 10.6. The van der Waals surface area contributed by atoms with Gasteiger partial charge in [-0.1, -0.05) is 13.8 Å². The van der Waals surface area contributed by atoms with Crippen molar-refractivity contribution in [3.8, 4) is 0 Å². The topological polar surface area (TPSA) is 89.2 Å². The van der Waals surface area contributed by atoms with Gasteiger partial charge in [-0.2, -0.15) is 5.10 Å². The van der Waals surface area contributed by atoms with Crippen molar-refractivity contribution < 1.29 is 10.2 Å². The molecule has 5 rings (SSSR count). The first-order chi connectivity index (χ1) is 14.9. The van der Waals surface area contributed by atoms with Crippen LogP contribution in [0.25, 0.3) is 0 Å². The first-order valence-electron chi connectivity index (χ1n) is 12.8. The third kappa shape index (κ3) is 3.43. The average Bonchev–Trinajstić information content (AvgIpc) is 3.03. The van der Waals surface area contributed by atoms with Gasteiger partial charge in [-0.15, -0.1) is 0 Å². The van der Waals surface area contributed by atoms with E-state index in [0.717, 1.165) is 76.8 Å². The van der Waals surface area contributed by atoms with Gasteiger partial charge in [0, 0.05) is 19.3 Å². The molecule has 0 aromatic heterocycles. The molecule has 31 heavy (non-hydrogen) atoms. The van der Waals surface area contributed by atoms with Crippen molar-refractivity contribution in [2.24, 2.45) is 44.6 Å². The highest BCUT2D eigenvalue weighted by Gasteiger charge is 2.66. The van der Waals surface area contributed by atoms with Crippen LogP contribution >= 0.6 is 0 Å². The van der Waals surface area contributed by atoms with Crippen LogP contribution in [0.1, 0.15) is 84.5 Å². The van der Waals surface area contributed by atoms with Crippen molar-refractivity contribution in [2.45, 2.75) is 96.2 Å². The number of nitrogens with zero attached hydrogens (tertiary/aromatic N) is 2. The van der Waals surface area contributed by atoms with Crippen molar-refractivity contribution in [1.29, 1.82) is 0 Å². The monoisotopic (exact) mass is 430 g/mol. The summed E-state index contributed by atoms with van der Waals surface area (Å²) >= 11 is 0. The summed E-state index contributed by atoms with van der Waals surface area (Å²) in [6.45, 7) is 6.67. The highest BCUT2D eigenvalue weighted by molar-refractivity contribution is 5.80. The number of fused-ring (bicyclic) bond motifs is 5. The molecule has 0 spiro atoms. The van der Waals surface area contributed by atoms with E-state index in [0.29, 0.717) is 29.1 Å². The minimum Gasteiger partial charge on any atom is -0.393 e. The van der Waals surface area contributed by atoms with E-state index in [1.165, 1.54) is 12.8 Å². The predicted molar refractivity (Wildman–Crippen MR) is 124 cm³/mol. The molecule has 0 radical (unpaired) electrons. The van der Waals surface area contributed by atoms with Crippen molar-refractivity contribution in [3.05, 3.63) is 0 Å². The predicted octanol–water partition coefficient (Wildman–Crippen LogP) is 3.44. The van der Waals surface area contributed by atoms with E-state index in [2.05, 4.69) is 34.7 Å². The molecule has 0 aromatic rings. The SMILES string of the molecule is C[C@]12CCC(O)CC1CC[C@@H]1[C@H]2CC[C@]2(C)C(C/C=N/NC3=NCCCN3)CC[C@@]12O. The Kier molecular flexibility index (Phi) is 5.61. The summed E-state index contributed by atoms with van der Waals surface area (Å²) in [6.07, 6.45) is 13.7. The van der Waals surface area contributed by atoms with Crippen LogP contribution in [0.5, 0.6) is 0 Å². The van der Waals surface area contributed by atoms with Gasteiger partial charge in [0.2, 0.25) is 5.96 Å². The Morgan fingerprint density at radius 1 is 1.13 bits per heavy atom. The van der Waals surface area contributed by atoms with E-state index in [1.54, 1.807) is 0 Å². The van der Waals surface area contributed by atoms with Crippen LogP contribution < -0.4 is 10.7 Å². The van der Waals surface area contributed by atoms with Gasteiger partial charge < -0.3 is 15.5 Å². The van der Waals surface area contributed by atoms with Crippen LogP contribution in [0.4, 0.5) is 0 Å². The van der Waals surface area contributed by atoms with E-state index in [4.69, 9.17) is 0 Å². The summed E-state index contributed by atoms with van der Waals surface area (Å²) in [5.41, 5.74) is 2.80. The summed E-state index contributed by atoms with van der Waals surface area (Å²) in [4.78, 5) is 4.40. The van der Waals surface area contributed by atoms with E-state index < -0.39 is 5.60 Å². The summed E-state index contributed by atoms with van der Waals surface area (Å²) in [7, 11) is 0. The van der Waals surface area contributed by atoms with Crippen molar-refractivity contribution in [2.75, 3.05) is 13.1 Å². The molecule has 4 N–H and O–H groups in total. The molecule has 0 amide bonds. The molecular weight excluding hydrogens is 388 g/mol. The third-order valence-electron chi connectivity index (χ3n) is 10.6. The number of rotatable bonds is 3. The van der Waals surface area contributed by atoms with Crippen LogP contribution in [0.15, 0.2) is 10.1 Å². The number of guanidine groups is 1. The lowest BCUT2D eigenvalue weighted by molar-refractivity contribution is -0.209. The molecule has 1 aliphatic heterocycles. The Morgan fingerprint density at radius 2 is 2.00 bits per heavy atom. The van der Waals surface area contributed by atoms with Crippen LogP contribution in [0.2, 0.25) is 0 Å². The van der Waals surface area contributed by atoms with E-state index in [9.17, 15) is 10.2 Å². The second-order valence-electron chi connectivity index (χ2n) is 11.7. The summed E-state index contributed by atoms with van der Waals surface area (Å²) < 4.78 is 0. The number of aliphatic hydroxyl groups excluding tert-OH is 1. The van der Waals surface area contributed by atoms with E-state index in [1.807, 2.05) is 6.21 Å². The molecule has 3 unspecified atom stereocenters. The molecule has 6 nitrogen and oxygen atoms in total. The molecule has 4 saturated carbocycles. The molecule has 6 heteroatoms. The molecule has 5 aliphatic rings. The van der Waals surface area contributed by atoms with Crippen molar-refractivity contribution >= 4 is 12.2 Å². The minimum atomic E-state index is -0.541. The lowest BCUT2D eigenvalue weighted by Gasteiger charge is -2.63. The number of aliphatic imine (C=N–C) groups is 1. The van der Waals surface area contributed by atoms with Crippen LogP contribution in [-0.4, -0.2) is 47.2 Å². The zero-order chi connectivity index (χ0) is 21.7. The maximum atomic E-state index is 12.2. The Morgan fingerprint density at radius 3 is 2.81 bits per heavy atom. The number of hydrogen-bond acceptors (Lipinski definition) is 6. The second kappa shape index (κ2) is 8.02. The molecule has 0 bridgehead atoms. The maximum Gasteiger partial charge on any atom is 0.212 e. The van der Waals surface area contributed by atoms with Crippen LogP contribution in [-0.2, 0) is 0 Å². The smallest absolute Gasteiger partial charge is 0.212 e. The number of aliphatic hydroxyl groups is 2. The zero-order valence-corrected chi connectivity index (χ0v) is 19.4. The molecule has 8 atom stereocenters. The quantitative estimate of drug-likeness (QED) is 0.408. The maximum absolute atomic E-state index is 12.2. The van der Waals surface area contributed by atoms with Gasteiger partial charge in [0.05, 0.1) is 11.7 Å². The van der Waals surface area contributed by atoms with Crippen LogP contribution in [0, 0.1) is 34.5 Å². The molecule has 174 valence electrons. The lowest BCUT2D eigenvalue weighted by atomic mass is 9.43. The van der Waals surface area contributed by atoms with Crippen molar-refractivity contribution in [1.82, 2.24) is 10.7 Å². The second-order valence-corrected chi connectivity index (χ2v) is 11.7. The van der Waals surface area contributed by atoms with Crippen molar-refractivity contribution in [3.63, 3.8) is 0 Å². The van der Waals surface area contributed by atoms with Crippen LogP contribution in [0.3, 0.4) is 0 Å². The fourth-order valence-corrected chi connectivity index (χ4v) is 8.59. The summed E-state index contributed by atoms with van der Waals surface area (Å²) in [5, 5.41) is 30.1. The van der Waals surface area contributed by atoms with Gasteiger partial charge in [-0.05, 0) is 105 Å². The van der Waals surface area contributed by atoms with Gasteiger partial charge in [0.15, 0.2) is 0 Å². The highest BCUT2D eigenvalue weighted by atomic mass is 16.3. The minimum absolute atomic E-state index is 0.0157. The largest absolute Gasteiger partial charge is 0.393 e. The average molecular weight is 431 g/mol. The fraction of sp³-hybridized carbons (Fsp3) is 0.920. The fourth-order valence-electron chi connectivity index (χ4n) is 8.59. The molecule has 4 aliphatic carbocycles. The first-order valence-corrected chi connectivity index (χ1v) is 12.8. The van der Waals surface area contributed by atoms with Gasteiger partial charge in [-0.3, -0.25) is 4.99 Å². The van der Waals surface area contributed by atoms with E-state index >= 15 is 0 Å². The highest BCUT2D eigenvalue weighted by Crippen LogP contribution is 2.69. The van der Waals surface area contributed by atoms with Gasteiger partial charge in [0.25, 0.3) is 0 Å². The molecule has 4 fully saturated rings. The number of hydrogen-bond donors (Lipinski definition) is 4.